The van der Waals surface area contributed by atoms with E-state index in [1.807, 2.05) is 0 Å². The van der Waals surface area contributed by atoms with Gasteiger partial charge in [-0.1, -0.05) is 23.2 Å². The van der Waals surface area contributed by atoms with Gasteiger partial charge in [0.05, 0.1) is 5.02 Å². The topological polar surface area (TPSA) is 86.7 Å². The second kappa shape index (κ2) is 6.62. The molecule has 1 aromatic rings. The first-order valence-electron chi connectivity index (χ1n) is 6.66. The summed E-state index contributed by atoms with van der Waals surface area (Å²) < 4.78 is 27.3. The largest absolute Gasteiger partial charge is 0.505 e. The number of rotatable bonds is 3. The number of aromatic hydroxyl groups is 1. The molecular formula is C13H16Cl2N2O4S. The van der Waals surface area contributed by atoms with E-state index in [2.05, 4.69) is 4.72 Å². The van der Waals surface area contributed by atoms with Crippen molar-refractivity contribution in [3.63, 3.8) is 0 Å². The third-order valence-corrected chi connectivity index (χ3v) is 5.59. The number of nitrogens with zero attached hydrogens (tertiary/aromatic N) is 1. The molecule has 9 heteroatoms. The summed E-state index contributed by atoms with van der Waals surface area (Å²) in [6.07, 6.45) is 1.02. The van der Waals surface area contributed by atoms with Gasteiger partial charge in [-0.25, -0.2) is 13.1 Å². The van der Waals surface area contributed by atoms with Crippen LogP contribution in [0.3, 0.4) is 0 Å². The Morgan fingerprint density at radius 2 is 1.91 bits per heavy atom. The van der Waals surface area contributed by atoms with E-state index in [0.29, 0.717) is 25.9 Å². The number of piperidine rings is 1. The highest BCUT2D eigenvalue weighted by Crippen LogP contribution is 2.34. The van der Waals surface area contributed by atoms with Gasteiger partial charge in [0.25, 0.3) is 0 Å². The quantitative estimate of drug-likeness (QED) is 0.856. The zero-order chi connectivity index (χ0) is 16.5. The van der Waals surface area contributed by atoms with Crippen molar-refractivity contribution in [3.8, 4) is 5.75 Å². The van der Waals surface area contributed by atoms with Crippen LogP contribution in [0.1, 0.15) is 19.8 Å². The second-order valence-electron chi connectivity index (χ2n) is 5.14. The van der Waals surface area contributed by atoms with Gasteiger partial charge in [-0.3, -0.25) is 4.79 Å². The van der Waals surface area contributed by atoms with Crippen LogP contribution in [0.5, 0.6) is 5.75 Å². The van der Waals surface area contributed by atoms with Crippen molar-refractivity contribution in [1.29, 1.82) is 0 Å². The Hall–Kier alpha value is -1.02. The predicted octanol–water partition coefficient (Wildman–Crippen LogP) is 1.99. The van der Waals surface area contributed by atoms with Crippen LogP contribution < -0.4 is 4.72 Å². The summed E-state index contributed by atoms with van der Waals surface area (Å²) in [4.78, 5) is 12.6. The number of phenolic OH excluding ortho intramolecular Hbond substituents is 1. The van der Waals surface area contributed by atoms with E-state index in [1.165, 1.54) is 13.0 Å². The average Bonchev–Trinajstić information content (AvgIpc) is 2.42. The van der Waals surface area contributed by atoms with Crippen LogP contribution in [-0.4, -0.2) is 43.5 Å². The van der Waals surface area contributed by atoms with Crippen molar-refractivity contribution in [2.24, 2.45) is 0 Å². The molecule has 0 bridgehead atoms. The lowest BCUT2D eigenvalue weighted by molar-refractivity contribution is -0.129. The molecule has 122 valence electrons. The maximum absolute atomic E-state index is 12.4. The number of carbonyl (C=O) groups is 1. The molecule has 0 aliphatic carbocycles. The minimum atomic E-state index is -3.95. The number of hydrogen-bond acceptors (Lipinski definition) is 4. The second-order valence-corrected chi connectivity index (χ2v) is 7.66. The van der Waals surface area contributed by atoms with Crippen LogP contribution in [0.15, 0.2) is 17.0 Å². The summed E-state index contributed by atoms with van der Waals surface area (Å²) in [5.74, 6) is -0.555. The highest BCUT2D eigenvalue weighted by molar-refractivity contribution is 7.89. The number of halogens is 2. The molecule has 1 aliphatic rings. The highest BCUT2D eigenvalue weighted by atomic mass is 35.5. The molecule has 1 saturated heterocycles. The smallest absolute Gasteiger partial charge is 0.244 e. The maximum Gasteiger partial charge on any atom is 0.244 e. The molecule has 1 fully saturated rings. The summed E-state index contributed by atoms with van der Waals surface area (Å²) in [6, 6.07) is 2.11. The average molecular weight is 367 g/mol. The van der Waals surface area contributed by atoms with Gasteiger partial charge in [-0.2, -0.15) is 0 Å². The number of hydrogen-bond donors (Lipinski definition) is 2. The monoisotopic (exact) mass is 366 g/mol. The molecule has 1 amide bonds. The van der Waals surface area contributed by atoms with Gasteiger partial charge >= 0.3 is 0 Å². The van der Waals surface area contributed by atoms with E-state index >= 15 is 0 Å². The molecule has 0 saturated carbocycles. The summed E-state index contributed by atoms with van der Waals surface area (Å²) in [5, 5.41) is 9.83. The van der Waals surface area contributed by atoms with Crippen LogP contribution in [0.4, 0.5) is 0 Å². The van der Waals surface area contributed by atoms with E-state index in [9.17, 15) is 18.3 Å². The zero-order valence-electron chi connectivity index (χ0n) is 11.8. The minimum Gasteiger partial charge on any atom is -0.505 e. The van der Waals surface area contributed by atoms with E-state index < -0.39 is 15.8 Å². The van der Waals surface area contributed by atoms with Gasteiger partial charge in [-0.05, 0) is 25.0 Å². The molecule has 2 rings (SSSR count). The fourth-order valence-electron chi connectivity index (χ4n) is 2.34. The summed E-state index contributed by atoms with van der Waals surface area (Å²) in [7, 11) is -3.95. The lowest BCUT2D eigenvalue weighted by atomic mass is 10.1. The number of amides is 1. The van der Waals surface area contributed by atoms with Crippen LogP contribution >= 0.6 is 23.2 Å². The molecule has 1 aromatic carbocycles. The van der Waals surface area contributed by atoms with Gasteiger partial charge in [0, 0.05) is 31.1 Å². The number of phenols is 1. The standard InChI is InChI=1S/C13H16Cl2N2O4S/c1-8(18)17-4-2-10(3-5-17)16-22(20,21)12-7-9(14)6-11(15)13(12)19/h6-7,10,16,19H,2-5H2,1H3. The Bertz CT molecular complexity index is 686. The maximum atomic E-state index is 12.4. The van der Waals surface area contributed by atoms with Crippen molar-refractivity contribution in [2.45, 2.75) is 30.7 Å². The number of benzene rings is 1. The molecule has 0 radical (unpaired) electrons. The van der Waals surface area contributed by atoms with E-state index in [1.54, 1.807) is 4.90 Å². The molecule has 0 aromatic heterocycles. The van der Waals surface area contributed by atoms with Gasteiger partial charge in [0.1, 0.15) is 4.90 Å². The van der Waals surface area contributed by atoms with Crippen molar-refractivity contribution >= 4 is 39.1 Å². The minimum absolute atomic E-state index is 0.0272. The summed E-state index contributed by atoms with van der Waals surface area (Å²) >= 11 is 11.5. The van der Waals surface area contributed by atoms with Crippen molar-refractivity contribution in [2.75, 3.05) is 13.1 Å². The highest BCUT2D eigenvalue weighted by Gasteiger charge is 2.28. The van der Waals surface area contributed by atoms with E-state index in [4.69, 9.17) is 23.2 Å². The Balaban J connectivity index is 2.14. The lowest BCUT2D eigenvalue weighted by Gasteiger charge is -2.31. The first kappa shape index (κ1) is 17.3. The molecule has 1 aliphatic heterocycles. The van der Waals surface area contributed by atoms with Crippen LogP contribution in [0.25, 0.3) is 0 Å². The third-order valence-electron chi connectivity index (χ3n) is 3.54. The van der Waals surface area contributed by atoms with Crippen LogP contribution in [0, 0.1) is 0 Å². The lowest BCUT2D eigenvalue weighted by Crippen LogP contribution is -2.45. The number of likely N-dealkylation sites (tertiary alicyclic amines) is 1. The van der Waals surface area contributed by atoms with Crippen LogP contribution in [0.2, 0.25) is 10.0 Å². The van der Waals surface area contributed by atoms with Crippen molar-refractivity contribution < 1.29 is 18.3 Å². The fourth-order valence-corrected chi connectivity index (χ4v) is 4.40. The number of sulfonamides is 1. The molecule has 22 heavy (non-hydrogen) atoms. The normalized spacial score (nSPS) is 16.8. The Morgan fingerprint density at radius 3 is 2.45 bits per heavy atom. The first-order valence-corrected chi connectivity index (χ1v) is 8.90. The molecular weight excluding hydrogens is 351 g/mol. The molecule has 6 nitrogen and oxygen atoms in total. The molecule has 2 N–H and O–H groups in total. The Kier molecular flexibility index (Phi) is 5.21. The Labute approximate surface area is 139 Å². The van der Waals surface area contributed by atoms with Crippen molar-refractivity contribution in [3.05, 3.63) is 22.2 Å². The van der Waals surface area contributed by atoms with Gasteiger partial charge in [-0.15, -0.1) is 0 Å². The number of carbonyl (C=O) groups excluding carboxylic acids is 1. The summed E-state index contributed by atoms with van der Waals surface area (Å²) in [5.41, 5.74) is 0. The van der Waals surface area contributed by atoms with Crippen molar-refractivity contribution in [1.82, 2.24) is 9.62 Å². The SMILES string of the molecule is CC(=O)N1CCC(NS(=O)(=O)c2cc(Cl)cc(Cl)c2O)CC1. The van der Waals surface area contributed by atoms with E-state index in [-0.39, 0.29) is 26.9 Å². The van der Waals surface area contributed by atoms with E-state index in [0.717, 1.165) is 6.07 Å². The third kappa shape index (κ3) is 3.84. The van der Waals surface area contributed by atoms with Gasteiger partial charge in [0.15, 0.2) is 5.75 Å². The molecule has 0 atom stereocenters. The predicted molar refractivity (Wildman–Crippen MR) is 83.7 cm³/mol. The molecule has 0 unspecified atom stereocenters. The van der Waals surface area contributed by atoms with Gasteiger partial charge in [0.2, 0.25) is 15.9 Å². The van der Waals surface area contributed by atoms with Gasteiger partial charge < -0.3 is 10.0 Å². The molecule has 1 heterocycles. The van der Waals surface area contributed by atoms with Crippen LogP contribution in [-0.2, 0) is 14.8 Å². The number of nitrogens with one attached hydrogen (secondary N) is 1. The zero-order valence-corrected chi connectivity index (χ0v) is 14.2. The first-order chi connectivity index (χ1) is 10.2. The summed E-state index contributed by atoms with van der Waals surface area (Å²) in [6.45, 7) is 2.46. The molecule has 0 spiro atoms. The Morgan fingerprint density at radius 1 is 1.32 bits per heavy atom. The fraction of sp³-hybridized carbons (Fsp3) is 0.462.